The lowest BCUT2D eigenvalue weighted by Gasteiger charge is -2.14. The Morgan fingerprint density at radius 3 is 2.56 bits per heavy atom. The number of hydrogen-bond donors (Lipinski definition) is 2. The Morgan fingerprint density at radius 1 is 1.12 bits per heavy atom. The van der Waals surface area contributed by atoms with Gasteiger partial charge in [0.25, 0.3) is 0 Å². The molecule has 0 unspecified atom stereocenters. The molecule has 3 rings (SSSR count). The van der Waals surface area contributed by atoms with Crippen LogP contribution in [0.3, 0.4) is 0 Å². The van der Waals surface area contributed by atoms with E-state index >= 15 is 0 Å². The summed E-state index contributed by atoms with van der Waals surface area (Å²) in [5.74, 6) is -0.0505. The van der Waals surface area contributed by atoms with Gasteiger partial charge in [0.2, 0.25) is 5.91 Å². The fraction of sp³-hybridized carbons (Fsp3) is 0.316. The van der Waals surface area contributed by atoms with Gasteiger partial charge in [0.15, 0.2) is 0 Å². The lowest BCUT2D eigenvalue weighted by atomic mass is 10.2. The van der Waals surface area contributed by atoms with Crippen LogP contribution in [0.15, 0.2) is 64.4 Å². The smallest absolute Gasteiger partial charge is 0.249 e. The van der Waals surface area contributed by atoms with Gasteiger partial charge in [-0.3, -0.25) is 4.79 Å². The summed E-state index contributed by atoms with van der Waals surface area (Å²) in [4.78, 5) is 14.6. The van der Waals surface area contributed by atoms with Gasteiger partial charge in [-0.1, -0.05) is 48.2 Å². The molecule has 0 aromatic heterocycles. The molecule has 1 saturated heterocycles. The predicted octanol–water partition coefficient (Wildman–Crippen LogP) is 3.38. The molecule has 1 aliphatic heterocycles. The van der Waals surface area contributed by atoms with Crippen LogP contribution in [0.5, 0.6) is 0 Å². The van der Waals surface area contributed by atoms with E-state index in [0.717, 1.165) is 23.3 Å². The summed E-state index contributed by atoms with van der Waals surface area (Å²) in [6, 6.07) is 18.4. The molecular formula is C19H23ClN2O2S. The number of benzene rings is 2. The van der Waals surface area contributed by atoms with Crippen LogP contribution in [0.2, 0.25) is 0 Å². The molecule has 1 heterocycles. The quantitative estimate of drug-likeness (QED) is 0.808. The number of amides is 1. The highest BCUT2D eigenvalue weighted by Gasteiger charge is 2.29. The molecule has 1 aliphatic rings. The van der Waals surface area contributed by atoms with Crippen molar-refractivity contribution < 1.29 is 9.53 Å². The monoisotopic (exact) mass is 378 g/mol. The van der Waals surface area contributed by atoms with Gasteiger partial charge in [0.1, 0.15) is 6.10 Å². The van der Waals surface area contributed by atoms with Crippen molar-refractivity contribution in [3.63, 3.8) is 0 Å². The van der Waals surface area contributed by atoms with E-state index < -0.39 is 0 Å². The van der Waals surface area contributed by atoms with Crippen molar-refractivity contribution >= 4 is 30.1 Å². The first-order valence-corrected chi connectivity index (χ1v) is 9.02. The normalized spacial score (nSPS) is 19.2. The van der Waals surface area contributed by atoms with Gasteiger partial charge in [-0.2, -0.15) is 0 Å². The zero-order valence-corrected chi connectivity index (χ0v) is 15.5. The average molecular weight is 379 g/mol. The fourth-order valence-electron chi connectivity index (χ4n) is 2.73. The molecule has 1 amide bonds. The van der Waals surface area contributed by atoms with Crippen LogP contribution in [-0.2, 0) is 16.1 Å². The first kappa shape index (κ1) is 19.8. The number of nitrogens with one attached hydrogen (secondary N) is 1. The molecule has 25 heavy (non-hydrogen) atoms. The summed E-state index contributed by atoms with van der Waals surface area (Å²) < 4.78 is 5.64. The van der Waals surface area contributed by atoms with Gasteiger partial charge in [-0.15, -0.1) is 12.4 Å². The number of carbonyl (C=O) groups excluding carboxylic acids is 1. The maximum absolute atomic E-state index is 12.3. The summed E-state index contributed by atoms with van der Waals surface area (Å²) in [5, 5.41) is 2.99. The number of halogens is 1. The van der Waals surface area contributed by atoms with Crippen LogP contribution in [-0.4, -0.2) is 24.7 Å². The van der Waals surface area contributed by atoms with Gasteiger partial charge in [-0.05, 0) is 36.6 Å². The molecule has 6 heteroatoms. The summed E-state index contributed by atoms with van der Waals surface area (Å²) in [7, 11) is 0. The highest BCUT2D eigenvalue weighted by atomic mass is 35.5. The molecule has 3 N–H and O–H groups in total. The largest absolute Gasteiger partial charge is 0.364 e. The van der Waals surface area contributed by atoms with Crippen LogP contribution >= 0.6 is 24.2 Å². The third-order valence-electron chi connectivity index (χ3n) is 4.06. The van der Waals surface area contributed by atoms with E-state index in [-0.39, 0.29) is 30.5 Å². The van der Waals surface area contributed by atoms with E-state index in [1.54, 1.807) is 11.8 Å². The third kappa shape index (κ3) is 5.47. The molecule has 2 atom stereocenters. The molecule has 0 saturated carbocycles. The Morgan fingerprint density at radius 2 is 1.84 bits per heavy atom. The van der Waals surface area contributed by atoms with Gasteiger partial charge >= 0.3 is 0 Å². The number of carbonyl (C=O) groups is 1. The summed E-state index contributed by atoms with van der Waals surface area (Å²) in [5.41, 5.74) is 6.70. The minimum atomic E-state index is -0.368. The maximum Gasteiger partial charge on any atom is 0.249 e. The van der Waals surface area contributed by atoms with Crippen molar-refractivity contribution in [2.24, 2.45) is 5.73 Å². The Balaban J connectivity index is 0.00000225. The second-order valence-corrected chi connectivity index (χ2v) is 6.92. The van der Waals surface area contributed by atoms with Gasteiger partial charge < -0.3 is 15.8 Å². The molecule has 2 aromatic carbocycles. The molecule has 134 valence electrons. The Hall–Kier alpha value is -1.53. The fourth-order valence-corrected chi connectivity index (χ4v) is 3.70. The minimum Gasteiger partial charge on any atom is -0.364 e. The number of ether oxygens (including phenoxy) is 1. The summed E-state index contributed by atoms with van der Waals surface area (Å²) >= 11 is 1.70. The van der Waals surface area contributed by atoms with E-state index in [4.69, 9.17) is 10.5 Å². The SMILES string of the molecule is Cl.NC[C@H]1CC[C@@H](C(=O)NCc2ccccc2Sc2ccccc2)O1. The highest BCUT2D eigenvalue weighted by Crippen LogP contribution is 2.30. The lowest BCUT2D eigenvalue weighted by molar-refractivity contribution is -0.132. The van der Waals surface area contributed by atoms with Crippen LogP contribution in [0.4, 0.5) is 0 Å². The maximum atomic E-state index is 12.3. The van der Waals surface area contributed by atoms with Crippen molar-refractivity contribution in [2.45, 2.75) is 41.4 Å². The Labute approximate surface area is 158 Å². The standard InChI is InChI=1S/C19H22N2O2S.ClH/c20-12-15-10-11-17(23-15)19(22)21-13-14-6-4-5-9-18(14)24-16-7-2-1-3-8-16;/h1-9,15,17H,10-13,20H2,(H,21,22);1H/t15-,17+;/m1./s1. The molecular weight excluding hydrogens is 356 g/mol. The average Bonchev–Trinajstić information content (AvgIpc) is 3.11. The van der Waals surface area contributed by atoms with Crippen LogP contribution in [0, 0.1) is 0 Å². The second kappa shape index (κ2) is 9.82. The van der Waals surface area contributed by atoms with E-state index in [1.165, 1.54) is 4.90 Å². The number of rotatable bonds is 6. The lowest BCUT2D eigenvalue weighted by Crippen LogP contribution is -2.35. The highest BCUT2D eigenvalue weighted by molar-refractivity contribution is 7.99. The molecule has 0 radical (unpaired) electrons. The number of hydrogen-bond acceptors (Lipinski definition) is 4. The van der Waals surface area contributed by atoms with E-state index in [1.807, 2.05) is 36.4 Å². The Kier molecular flexibility index (Phi) is 7.78. The van der Waals surface area contributed by atoms with Crippen molar-refractivity contribution in [3.05, 3.63) is 60.2 Å². The molecule has 1 fully saturated rings. The van der Waals surface area contributed by atoms with E-state index in [0.29, 0.717) is 13.1 Å². The minimum absolute atomic E-state index is 0. The first-order chi connectivity index (χ1) is 11.8. The van der Waals surface area contributed by atoms with Crippen LogP contribution in [0.25, 0.3) is 0 Å². The number of nitrogens with two attached hydrogens (primary N) is 1. The van der Waals surface area contributed by atoms with Gasteiger partial charge in [-0.25, -0.2) is 0 Å². The van der Waals surface area contributed by atoms with Gasteiger partial charge in [0.05, 0.1) is 6.10 Å². The predicted molar refractivity (Wildman–Crippen MR) is 103 cm³/mol. The molecule has 2 aromatic rings. The molecule has 0 spiro atoms. The zero-order chi connectivity index (χ0) is 16.8. The van der Waals surface area contributed by atoms with E-state index in [2.05, 4.69) is 23.5 Å². The van der Waals surface area contributed by atoms with Gasteiger partial charge in [0, 0.05) is 22.9 Å². The summed E-state index contributed by atoms with van der Waals surface area (Å²) in [6.07, 6.45) is 1.25. The van der Waals surface area contributed by atoms with Crippen molar-refractivity contribution in [1.82, 2.24) is 5.32 Å². The molecule has 0 aliphatic carbocycles. The zero-order valence-electron chi connectivity index (χ0n) is 13.9. The second-order valence-electron chi connectivity index (χ2n) is 5.80. The summed E-state index contributed by atoms with van der Waals surface area (Å²) in [6.45, 7) is 0.975. The first-order valence-electron chi connectivity index (χ1n) is 8.20. The topological polar surface area (TPSA) is 64.4 Å². The van der Waals surface area contributed by atoms with Crippen LogP contribution < -0.4 is 11.1 Å². The van der Waals surface area contributed by atoms with Crippen molar-refractivity contribution in [1.29, 1.82) is 0 Å². The van der Waals surface area contributed by atoms with Crippen LogP contribution in [0.1, 0.15) is 18.4 Å². The molecule has 0 bridgehead atoms. The third-order valence-corrected chi connectivity index (χ3v) is 5.19. The Bertz CT molecular complexity index is 684. The van der Waals surface area contributed by atoms with E-state index in [9.17, 15) is 4.79 Å². The van der Waals surface area contributed by atoms with Crippen molar-refractivity contribution in [2.75, 3.05) is 6.54 Å². The van der Waals surface area contributed by atoms with Crippen molar-refractivity contribution in [3.8, 4) is 0 Å². The molecule has 4 nitrogen and oxygen atoms in total.